The number of fused-ring (bicyclic) bond motifs is 1. The lowest BCUT2D eigenvalue weighted by Crippen LogP contribution is -2.23. The molecule has 104 valence electrons. The van der Waals surface area contributed by atoms with Crippen molar-refractivity contribution in [3.8, 4) is 0 Å². The second kappa shape index (κ2) is 5.56. The third kappa shape index (κ3) is 2.54. The van der Waals surface area contributed by atoms with Crippen molar-refractivity contribution < 1.29 is 14.3 Å². The van der Waals surface area contributed by atoms with E-state index in [1.807, 2.05) is 0 Å². The largest absolute Gasteiger partial charge is 0.462 e. The maximum absolute atomic E-state index is 12.1. The summed E-state index contributed by atoms with van der Waals surface area (Å²) < 4.78 is 4.97. The fraction of sp³-hybridized carbons (Fsp3) is 0.214. The van der Waals surface area contributed by atoms with Crippen LogP contribution >= 0.6 is 0 Å². The average molecular weight is 274 g/mol. The van der Waals surface area contributed by atoms with Gasteiger partial charge in [-0.15, -0.1) is 0 Å². The van der Waals surface area contributed by atoms with Crippen molar-refractivity contribution >= 4 is 28.5 Å². The van der Waals surface area contributed by atoms with Crippen molar-refractivity contribution in [2.75, 3.05) is 11.9 Å². The predicted octanol–water partition coefficient (Wildman–Crippen LogP) is 1.66. The standard InChI is InChI=1S/C14H14N2O4/c1-3-20-14(19)11-9-6-4-5-7-10(9)16-13(18)12(11)15-8(2)17/h4-7H,3H2,1-2H3,(H,15,17)(H,16,18). The Hall–Kier alpha value is -2.63. The van der Waals surface area contributed by atoms with E-state index in [0.29, 0.717) is 10.9 Å². The normalized spacial score (nSPS) is 10.3. The van der Waals surface area contributed by atoms with Crippen molar-refractivity contribution in [3.05, 3.63) is 40.2 Å². The molecule has 2 aromatic rings. The molecule has 0 unspecified atom stereocenters. The number of amides is 1. The Balaban J connectivity index is 2.78. The molecule has 0 bridgehead atoms. The monoisotopic (exact) mass is 274 g/mol. The lowest BCUT2D eigenvalue weighted by Gasteiger charge is -2.11. The Morgan fingerprint density at radius 1 is 1.30 bits per heavy atom. The predicted molar refractivity (Wildman–Crippen MR) is 74.8 cm³/mol. The van der Waals surface area contributed by atoms with Crippen LogP contribution in [0.2, 0.25) is 0 Å². The second-order valence-corrected chi connectivity index (χ2v) is 4.15. The number of anilines is 1. The Morgan fingerprint density at radius 2 is 2.00 bits per heavy atom. The maximum atomic E-state index is 12.1. The molecular formula is C14H14N2O4. The van der Waals surface area contributed by atoms with Crippen LogP contribution in [0.3, 0.4) is 0 Å². The van der Waals surface area contributed by atoms with Crippen molar-refractivity contribution in [1.82, 2.24) is 4.98 Å². The smallest absolute Gasteiger partial charge is 0.341 e. The third-order valence-electron chi connectivity index (χ3n) is 2.70. The molecule has 6 nitrogen and oxygen atoms in total. The van der Waals surface area contributed by atoms with E-state index in [0.717, 1.165) is 0 Å². The van der Waals surface area contributed by atoms with Gasteiger partial charge >= 0.3 is 5.97 Å². The number of carbonyl (C=O) groups is 2. The van der Waals surface area contributed by atoms with Crippen molar-refractivity contribution in [2.45, 2.75) is 13.8 Å². The van der Waals surface area contributed by atoms with Gasteiger partial charge in [0.15, 0.2) is 0 Å². The first-order chi connectivity index (χ1) is 9.54. The zero-order valence-electron chi connectivity index (χ0n) is 11.1. The molecule has 1 aromatic carbocycles. The van der Waals surface area contributed by atoms with Crippen LogP contribution in [0.4, 0.5) is 5.69 Å². The van der Waals surface area contributed by atoms with Gasteiger partial charge < -0.3 is 15.0 Å². The molecule has 0 aliphatic carbocycles. The molecule has 0 aliphatic heterocycles. The van der Waals surface area contributed by atoms with Gasteiger partial charge in [-0.05, 0) is 13.0 Å². The molecule has 2 rings (SSSR count). The van der Waals surface area contributed by atoms with E-state index in [9.17, 15) is 14.4 Å². The van der Waals surface area contributed by atoms with Gasteiger partial charge in [0.05, 0.1) is 12.2 Å². The maximum Gasteiger partial charge on any atom is 0.341 e. The summed E-state index contributed by atoms with van der Waals surface area (Å²) in [6.45, 7) is 3.12. The summed E-state index contributed by atoms with van der Waals surface area (Å²) in [6, 6.07) is 6.84. The number of aromatic nitrogens is 1. The van der Waals surface area contributed by atoms with Gasteiger partial charge in [-0.1, -0.05) is 18.2 Å². The average Bonchev–Trinajstić information content (AvgIpc) is 2.39. The van der Waals surface area contributed by atoms with E-state index in [4.69, 9.17) is 4.74 Å². The van der Waals surface area contributed by atoms with Gasteiger partial charge in [0.2, 0.25) is 5.91 Å². The SMILES string of the molecule is CCOC(=O)c1c(NC(C)=O)c(=O)[nH]c2ccccc12. The van der Waals surface area contributed by atoms with Crippen LogP contribution in [-0.4, -0.2) is 23.5 Å². The first-order valence-electron chi connectivity index (χ1n) is 6.14. The van der Waals surface area contributed by atoms with Crippen LogP contribution in [0, 0.1) is 0 Å². The lowest BCUT2D eigenvalue weighted by molar-refractivity contribution is -0.114. The summed E-state index contributed by atoms with van der Waals surface area (Å²) in [5, 5.41) is 2.91. The highest BCUT2D eigenvalue weighted by Crippen LogP contribution is 2.22. The molecule has 0 saturated carbocycles. The van der Waals surface area contributed by atoms with Crippen LogP contribution in [0.5, 0.6) is 0 Å². The number of para-hydroxylation sites is 1. The van der Waals surface area contributed by atoms with Gasteiger partial charge in [0, 0.05) is 17.8 Å². The van der Waals surface area contributed by atoms with Crippen molar-refractivity contribution in [2.24, 2.45) is 0 Å². The fourth-order valence-electron chi connectivity index (χ4n) is 1.95. The molecule has 1 heterocycles. The number of pyridine rings is 1. The summed E-state index contributed by atoms with van der Waals surface area (Å²) in [6.07, 6.45) is 0. The number of esters is 1. The summed E-state index contributed by atoms with van der Waals surface area (Å²) in [5.74, 6) is -1.07. The number of ether oxygens (including phenoxy) is 1. The van der Waals surface area contributed by atoms with Crippen LogP contribution in [0.1, 0.15) is 24.2 Å². The minimum absolute atomic E-state index is 0.0707. The number of carbonyl (C=O) groups excluding carboxylic acids is 2. The van der Waals surface area contributed by atoms with Crippen LogP contribution < -0.4 is 10.9 Å². The first-order valence-corrected chi connectivity index (χ1v) is 6.14. The molecule has 0 fully saturated rings. The summed E-state index contributed by atoms with van der Waals surface area (Å²) >= 11 is 0. The fourth-order valence-corrected chi connectivity index (χ4v) is 1.95. The molecule has 0 atom stereocenters. The second-order valence-electron chi connectivity index (χ2n) is 4.15. The third-order valence-corrected chi connectivity index (χ3v) is 2.70. The number of hydrogen-bond acceptors (Lipinski definition) is 4. The number of hydrogen-bond donors (Lipinski definition) is 2. The number of benzene rings is 1. The highest BCUT2D eigenvalue weighted by molar-refractivity contribution is 6.10. The van der Waals surface area contributed by atoms with Crippen molar-refractivity contribution in [1.29, 1.82) is 0 Å². The minimum atomic E-state index is -0.640. The van der Waals surface area contributed by atoms with E-state index in [1.165, 1.54) is 6.92 Å². The van der Waals surface area contributed by atoms with Crippen LogP contribution in [0.25, 0.3) is 10.9 Å². The summed E-state index contributed by atoms with van der Waals surface area (Å²) in [4.78, 5) is 37.9. The Labute approximate surface area is 114 Å². The zero-order valence-corrected chi connectivity index (χ0v) is 11.1. The molecule has 6 heteroatoms. The number of aromatic amines is 1. The molecule has 0 spiro atoms. The van der Waals surface area contributed by atoms with Crippen LogP contribution in [-0.2, 0) is 9.53 Å². The quantitative estimate of drug-likeness (QED) is 0.833. The number of rotatable bonds is 3. The van der Waals surface area contributed by atoms with E-state index < -0.39 is 17.4 Å². The molecular weight excluding hydrogens is 260 g/mol. The van der Waals surface area contributed by atoms with Gasteiger partial charge in [0.25, 0.3) is 5.56 Å². The Bertz CT molecular complexity index is 734. The molecule has 0 radical (unpaired) electrons. The van der Waals surface area contributed by atoms with Gasteiger partial charge in [-0.2, -0.15) is 0 Å². The molecule has 1 amide bonds. The van der Waals surface area contributed by atoms with E-state index >= 15 is 0 Å². The highest BCUT2D eigenvalue weighted by atomic mass is 16.5. The van der Waals surface area contributed by atoms with Gasteiger partial charge in [-0.25, -0.2) is 4.79 Å². The summed E-state index contributed by atoms with van der Waals surface area (Å²) in [7, 11) is 0. The number of H-pyrrole nitrogens is 1. The molecule has 1 aromatic heterocycles. The number of nitrogens with one attached hydrogen (secondary N) is 2. The molecule has 0 aliphatic rings. The molecule has 2 N–H and O–H groups in total. The Kier molecular flexibility index (Phi) is 3.84. The highest BCUT2D eigenvalue weighted by Gasteiger charge is 2.20. The molecule has 20 heavy (non-hydrogen) atoms. The van der Waals surface area contributed by atoms with Gasteiger partial charge in [-0.3, -0.25) is 9.59 Å². The zero-order chi connectivity index (χ0) is 14.7. The van der Waals surface area contributed by atoms with E-state index in [-0.39, 0.29) is 17.9 Å². The molecule has 0 saturated heterocycles. The van der Waals surface area contributed by atoms with Crippen LogP contribution in [0.15, 0.2) is 29.1 Å². The summed E-state index contributed by atoms with van der Waals surface area (Å²) in [5.41, 5.74) is -0.0485. The Morgan fingerprint density at radius 3 is 2.65 bits per heavy atom. The van der Waals surface area contributed by atoms with E-state index in [2.05, 4.69) is 10.3 Å². The topological polar surface area (TPSA) is 88.3 Å². The first kappa shape index (κ1) is 13.8. The minimum Gasteiger partial charge on any atom is -0.462 e. The van der Waals surface area contributed by atoms with Gasteiger partial charge in [0.1, 0.15) is 5.69 Å². The lowest BCUT2D eigenvalue weighted by atomic mass is 10.1. The van der Waals surface area contributed by atoms with E-state index in [1.54, 1.807) is 31.2 Å². The van der Waals surface area contributed by atoms with Crippen molar-refractivity contribution in [3.63, 3.8) is 0 Å².